The number of hydrogen-bond donors (Lipinski definition) is 0. The lowest BCUT2D eigenvalue weighted by Gasteiger charge is -2.17. The van der Waals surface area contributed by atoms with Crippen molar-refractivity contribution in [3.05, 3.63) is 70.5 Å². The fraction of sp³-hybridized carbons (Fsp3) is 0.150. The Kier molecular flexibility index (Phi) is 3.53. The number of rotatable bonds is 2. The predicted octanol–water partition coefficient (Wildman–Crippen LogP) is 4.31. The number of aryl methyl sites for hydroxylation is 1. The molecule has 0 unspecified atom stereocenters. The molecule has 1 aliphatic rings. The first kappa shape index (κ1) is 15.5. The average molecular weight is 406 g/mol. The smallest absolute Gasteiger partial charge is 0.163 e. The Morgan fingerprint density at radius 1 is 0.962 bits per heavy atom. The van der Waals surface area contributed by atoms with E-state index < -0.39 is 0 Å². The third-order valence-electron chi connectivity index (χ3n) is 4.84. The molecule has 1 aliphatic heterocycles. The molecule has 0 radical (unpaired) electrons. The van der Waals surface area contributed by atoms with Gasteiger partial charge in [-0.3, -0.25) is 0 Å². The van der Waals surface area contributed by atoms with Crippen LogP contribution in [0.1, 0.15) is 11.1 Å². The Labute approximate surface area is 159 Å². The highest BCUT2D eigenvalue weighted by Gasteiger charge is 2.25. The first-order valence-electron chi connectivity index (χ1n) is 8.46. The van der Waals surface area contributed by atoms with E-state index in [0.29, 0.717) is 0 Å². The number of aromatic nitrogens is 4. The Morgan fingerprint density at radius 2 is 1.73 bits per heavy atom. The third kappa shape index (κ3) is 2.41. The lowest BCUT2D eigenvalue weighted by Crippen LogP contribution is -2.16. The van der Waals surface area contributed by atoms with Crippen molar-refractivity contribution in [3.63, 3.8) is 0 Å². The molecule has 0 amide bonds. The molecule has 0 saturated heterocycles. The minimum Gasteiger partial charge on any atom is -0.347 e. The van der Waals surface area contributed by atoms with Crippen LogP contribution in [0.4, 0.5) is 5.82 Å². The molecule has 26 heavy (non-hydrogen) atoms. The maximum absolute atomic E-state index is 4.75. The summed E-state index contributed by atoms with van der Waals surface area (Å²) in [6, 6.07) is 16.7. The molecular weight excluding hydrogens is 390 g/mol. The van der Waals surface area contributed by atoms with Crippen molar-refractivity contribution in [2.24, 2.45) is 7.05 Å². The van der Waals surface area contributed by atoms with Crippen molar-refractivity contribution in [3.8, 4) is 11.3 Å². The molecule has 5 nitrogen and oxygen atoms in total. The van der Waals surface area contributed by atoms with Crippen molar-refractivity contribution >= 4 is 32.8 Å². The van der Waals surface area contributed by atoms with E-state index in [4.69, 9.17) is 5.10 Å². The van der Waals surface area contributed by atoms with Gasteiger partial charge in [-0.15, -0.1) is 0 Å². The van der Waals surface area contributed by atoms with Crippen LogP contribution in [0.15, 0.2) is 59.3 Å². The Hall–Kier alpha value is -2.73. The molecule has 0 fully saturated rings. The van der Waals surface area contributed by atoms with Crippen LogP contribution >= 0.6 is 15.9 Å². The second-order valence-electron chi connectivity index (χ2n) is 6.50. The van der Waals surface area contributed by atoms with Crippen LogP contribution in [-0.2, 0) is 20.1 Å². The van der Waals surface area contributed by atoms with Crippen molar-refractivity contribution in [2.45, 2.75) is 13.1 Å². The van der Waals surface area contributed by atoms with Crippen LogP contribution < -0.4 is 4.90 Å². The average Bonchev–Trinajstić information content (AvgIpc) is 3.23. The summed E-state index contributed by atoms with van der Waals surface area (Å²) in [7, 11) is 1.93. The molecule has 128 valence electrons. The fourth-order valence-corrected chi connectivity index (χ4v) is 4.03. The highest BCUT2D eigenvalue weighted by atomic mass is 79.9. The molecule has 0 N–H and O–H groups in total. The van der Waals surface area contributed by atoms with E-state index in [-0.39, 0.29) is 0 Å². The van der Waals surface area contributed by atoms with E-state index in [2.05, 4.69) is 67.2 Å². The maximum Gasteiger partial charge on any atom is 0.163 e. The van der Waals surface area contributed by atoms with E-state index >= 15 is 0 Å². The highest BCUT2D eigenvalue weighted by molar-refractivity contribution is 9.10. The summed E-state index contributed by atoms with van der Waals surface area (Å²) in [4.78, 5) is 11.4. The molecule has 0 saturated carbocycles. The molecular formula is C20H16BrN5. The maximum atomic E-state index is 4.75. The number of nitrogens with zero attached hydrogens (tertiary/aromatic N) is 5. The van der Waals surface area contributed by atoms with Gasteiger partial charge in [-0.1, -0.05) is 52.3 Å². The fourth-order valence-electron chi connectivity index (χ4n) is 3.63. The summed E-state index contributed by atoms with van der Waals surface area (Å²) in [6.07, 6.45) is 1.63. The van der Waals surface area contributed by atoms with Gasteiger partial charge in [0.1, 0.15) is 17.8 Å². The van der Waals surface area contributed by atoms with Gasteiger partial charge in [-0.05, 0) is 23.3 Å². The standard InChI is InChI=1S/C20H16BrN5/c1-25-19-17(18(24-25)13-7-4-8-16(21)9-13)20(23-12-22-19)26-10-14-5-2-3-6-15(14)11-26/h2-9,12H,10-11H2,1H3. The molecule has 0 spiro atoms. The SMILES string of the molecule is Cn1nc(-c2cccc(Br)c2)c2c(N3Cc4ccccc4C3)ncnc21. The van der Waals surface area contributed by atoms with E-state index in [1.807, 2.05) is 23.9 Å². The first-order chi connectivity index (χ1) is 12.7. The van der Waals surface area contributed by atoms with Crippen molar-refractivity contribution < 1.29 is 0 Å². The minimum absolute atomic E-state index is 0.848. The number of anilines is 1. The first-order valence-corrected chi connectivity index (χ1v) is 9.25. The number of benzene rings is 2. The zero-order valence-corrected chi connectivity index (χ0v) is 15.8. The summed E-state index contributed by atoms with van der Waals surface area (Å²) in [5.41, 5.74) is 5.52. The quantitative estimate of drug-likeness (QED) is 0.498. The molecule has 4 aromatic rings. The van der Waals surface area contributed by atoms with Crippen LogP contribution in [0.3, 0.4) is 0 Å². The zero-order chi connectivity index (χ0) is 17.7. The van der Waals surface area contributed by atoms with Crippen molar-refractivity contribution in [1.29, 1.82) is 0 Å². The number of hydrogen-bond acceptors (Lipinski definition) is 4. The number of halogens is 1. The molecule has 6 heteroatoms. The van der Waals surface area contributed by atoms with Gasteiger partial charge in [0.2, 0.25) is 0 Å². The van der Waals surface area contributed by atoms with Crippen molar-refractivity contribution in [2.75, 3.05) is 4.90 Å². The molecule has 0 atom stereocenters. The van der Waals surface area contributed by atoms with Crippen LogP contribution in [0.25, 0.3) is 22.3 Å². The molecule has 0 bridgehead atoms. The predicted molar refractivity (Wildman–Crippen MR) is 106 cm³/mol. The van der Waals surface area contributed by atoms with E-state index in [0.717, 1.165) is 45.7 Å². The van der Waals surface area contributed by atoms with Crippen molar-refractivity contribution in [1.82, 2.24) is 19.7 Å². The molecule has 5 rings (SSSR count). The lowest BCUT2D eigenvalue weighted by molar-refractivity contribution is 0.787. The highest BCUT2D eigenvalue weighted by Crippen LogP contribution is 2.36. The zero-order valence-electron chi connectivity index (χ0n) is 14.2. The molecule has 2 aromatic carbocycles. The topological polar surface area (TPSA) is 46.8 Å². The second kappa shape index (κ2) is 5.92. The van der Waals surface area contributed by atoms with E-state index in [1.165, 1.54) is 11.1 Å². The van der Waals surface area contributed by atoms with Gasteiger partial charge in [-0.25, -0.2) is 14.6 Å². The monoisotopic (exact) mass is 405 g/mol. The second-order valence-corrected chi connectivity index (χ2v) is 7.42. The largest absolute Gasteiger partial charge is 0.347 e. The summed E-state index contributed by atoms with van der Waals surface area (Å²) in [5, 5.41) is 5.75. The third-order valence-corrected chi connectivity index (χ3v) is 5.33. The Bertz CT molecular complexity index is 1110. The molecule has 3 heterocycles. The number of fused-ring (bicyclic) bond motifs is 2. The normalized spacial score (nSPS) is 13.4. The van der Waals surface area contributed by atoms with Crippen LogP contribution in [0.2, 0.25) is 0 Å². The van der Waals surface area contributed by atoms with Crippen LogP contribution in [-0.4, -0.2) is 19.7 Å². The lowest BCUT2D eigenvalue weighted by atomic mass is 10.1. The van der Waals surface area contributed by atoms with Crippen LogP contribution in [0.5, 0.6) is 0 Å². The van der Waals surface area contributed by atoms with Gasteiger partial charge >= 0.3 is 0 Å². The summed E-state index contributed by atoms with van der Waals surface area (Å²) in [5.74, 6) is 0.939. The van der Waals surface area contributed by atoms with E-state index in [9.17, 15) is 0 Å². The van der Waals surface area contributed by atoms with Gasteiger partial charge < -0.3 is 4.90 Å². The van der Waals surface area contributed by atoms with Gasteiger partial charge in [0.05, 0.1) is 5.39 Å². The van der Waals surface area contributed by atoms with E-state index in [1.54, 1.807) is 6.33 Å². The molecule has 0 aliphatic carbocycles. The summed E-state index contributed by atoms with van der Waals surface area (Å²) in [6.45, 7) is 1.71. The summed E-state index contributed by atoms with van der Waals surface area (Å²) < 4.78 is 2.86. The Morgan fingerprint density at radius 3 is 2.46 bits per heavy atom. The van der Waals surface area contributed by atoms with Crippen LogP contribution in [0, 0.1) is 0 Å². The summed E-state index contributed by atoms with van der Waals surface area (Å²) >= 11 is 3.56. The molecule has 2 aromatic heterocycles. The Balaban J connectivity index is 1.70. The van der Waals surface area contributed by atoms with Gasteiger partial charge in [0.15, 0.2) is 5.65 Å². The van der Waals surface area contributed by atoms with Gasteiger partial charge in [0, 0.05) is 30.2 Å². The van der Waals surface area contributed by atoms with Gasteiger partial charge in [-0.2, -0.15) is 5.10 Å². The minimum atomic E-state index is 0.848. The van der Waals surface area contributed by atoms with Gasteiger partial charge in [0.25, 0.3) is 0 Å².